The number of carbonyl (C=O) groups is 2. The minimum atomic E-state index is -0.385. The van der Waals surface area contributed by atoms with Gasteiger partial charge in [0.1, 0.15) is 0 Å². The first-order valence-corrected chi connectivity index (χ1v) is 22.4. The van der Waals surface area contributed by atoms with E-state index in [1.54, 1.807) is 0 Å². The second-order valence-corrected chi connectivity index (χ2v) is 14.5. The van der Waals surface area contributed by atoms with E-state index in [9.17, 15) is 14.7 Å². The Morgan fingerprint density at radius 2 is 0.907 bits per heavy atom. The molecular weight excluding hydrogens is 677 g/mol. The summed E-state index contributed by atoms with van der Waals surface area (Å²) in [7, 11) is 0. The monoisotopic (exact) mass is 761 g/mol. The molecule has 1 unspecified atom stereocenters. The number of unbranched alkanes of at least 4 members (excludes halogenated alkanes) is 14. The van der Waals surface area contributed by atoms with E-state index in [-0.39, 0.29) is 30.8 Å². The summed E-state index contributed by atoms with van der Waals surface area (Å²) in [6, 6.07) is 0. The lowest BCUT2D eigenvalue weighted by Gasteiger charge is -2.18. The lowest BCUT2D eigenvalue weighted by Crippen LogP contribution is -2.21. The van der Waals surface area contributed by atoms with Crippen molar-refractivity contribution in [3.63, 3.8) is 0 Å². The van der Waals surface area contributed by atoms with Gasteiger partial charge in [-0.25, -0.2) is 0 Å². The van der Waals surface area contributed by atoms with Crippen LogP contribution in [-0.2, 0) is 28.5 Å². The van der Waals surface area contributed by atoms with Gasteiger partial charge in [0, 0.05) is 26.1 Å². The maximum absolute atomic E-state index is 12.4. The molecule has 7 nitrogen and oxygen atoms in total. The molecule has 1 atom stereocenters. The normalized spacial score (nSPS) is 12.7. The molecule has 0 heterocycles. The first-order valence-electron chi connectivity index (χ1n) is 22.4. The summed E-state index contributed by atoms with van der Waals surface area (Å²) in [6.45, 7) is 8.56. The number of ether oxygens (including phenoxy) is 4. The van der Waals surface area contributed by atoms with Crippen LogP contribution in [0.4, 0.5) is 0 Å². The van der Waals surface area contributed by atoms with Gasteiger partial charge in [-0.15, -0.1) is 0 Å². The van der Waals surface area contributed by atoms with E-state index in [1.807, 2.05) is 0 Å². The van der Waals surface area contributed by atoms with E-state index >= 15 is 0 Å². The summed E-state index contributed by atoms with van der Waals surface area (Å²) in [5.41, 5.74) is 0. The van der Waals surface area contributed by atoms with E-state index in [0.717, 1.165) is 103 Å². The zero-order valence-corrected chi connectivity index (χ0v) is 35.3. The molecule has 1 N–H and O–H groups in total. The highest BCUT2D eigenvalue weighted by molar-refractivity contribution is 5.69. The molecule has 0 rings (SSSR count). The zero-order valence-electron chi connectivity index (χ0n) is 35.3. The van der Waals surface area contributed by atoms with Crippen LogP contribution in [0, 0.1) is 0 Å². The Hall–Kier alpha value is -2.22. The number of aliphatic hydroxyl groups is 1. The Bertz CT molecular complexity index is 901. The smallest absolute Gasteiger partial charge is 0.305 e. The number of rotatable bonds is 41. The van der Waals surface area contributed by atoms with Gasteiger partial charge in [0.15, 0.2) is 6.29 Å². The lowest BCUT2D eigenvalue weighted by molar-refractivity contribution is -0.159. The number of carbonyl (C=O) groups excluding carboxylic acids is 2. The van der Waals surface area contributed by atoms with Crippen LogP contribution in [0.1, 0.15) is 201 Å². The van der Waals surface area contributed by atoms with E-state index < -0.39 is 0 Å². The van der Waals surface area contributed by atoms with Crippen molar-refractivity contribution in [3.05, 3.63) is 48.6 Å². The summed E-state index contributed by atoms with van der Waals surface area (Å²) in [5.74, 6) is -0.337. The molecule has 0 aromatic heterocycles. The van der Waals surface area contributed by atoms with Crippen LogP contribution in [0.5, 0.6) is 0 Å². The minimum Gasteiger partial charge on any atom is -0.466 e. The van der Waals surface area contributed by atoms with E-state index in [1.165, 1.54) is 44.9 Å². The van der Waals surface area contributed by atoms with Crippen LogP contribution in [0.3, 0.4) is 0 Å². The zero-order chi connectivity index (χ0) is 39.4. The Morgan fingerprint density at radius 1 is 0.463 bits per heavy atom. The van der Waals surface area contributed by atoms with Crippen LogP contribution < -0.4 is 0 Å². The molecule has 0 aliphatic heterocycles. The summed E-state index contributed by atoms with van der Waals surface area (Å²) in [4.78, 5) is 24.4. The molecule has 0 radical (unpaired) electrons. The third-order valence-electron chi connectivity index (χ3n) is 9.25. The highest BCUT2D eigenvalue weighted by Crippen LogP contribution is 2.13. The van der Waals surface area contributed by atoms with E-state index in [4.69, 9.17) is 18.9 Å². The van der Waals surface area contributed by atoms with Crippen LogP contribution in [-0.4, -0.2) is 55.9 Å². The Balaban J connectivity index is 3.84. The number of allylic oxidation sites excluding steroid dienone is 8. The number of aliphatic hydroxyl groups excluding tert-OH is 1. The first kappa shape index (κ1) is 51.8. The predicted molar refractivity (Wildman–Crippen MR) is 226 cm³/mol. The molecular formula is C47H84O7. The van der Waals surface area contributed by atoms with Crippen molar-refractivity contribution < 1.29 is 33.6 Å². The van der Waals surface area contributed by atoms with E-state index in [2.05, 4.69) is 69.4 Å². The van der Waals surface area contributed by atoms with Gasteiger partial charge in [-0.05, 0) is 128 Å². The van der Waals surface area contributed by atoms with Crippen molar-refractivity contribution in [2.24, 2.45) is 0 Å². The SMILES string of the molecule is CC/C=C\CCCCOC(CCC(=O)OCCCCC(O)CCCCOC(=O)CCCCCCC/C=C\C/C=C\CCCCC)OCCCC/C=C\CC. The molecule has 0 fully saturated rings. The molecule has 0 bridgehead atoms. The van der Waals surface area contributed by atoms with Crippen molar-refractivity contribution in [2.75, 3.05) is 26.4 Å². The highest BCUT2D eigenvalue weighted by Gasteiger charge is 2.14. The number of hydrogen-bond donors (Lipinski definition) is 1. The topological polar surface area (TPSA) is 91.3 Å². The molecule has 0 aliphatic rings. The maximum Gasteiger partial charge on any atom is 0.305 e. The van der Waals surface area contributed by atoms with Crippen molar-refractivity contribution in [2.45, 2.75) is 213 Å². The second-order valence-electron chi connectivity index (χ2n) is 14.5. The van der Waals surface area contributed by atoms with Gasteiger partial charge >= 0.3 is 11.9 Å². The molecule has 54 heavy (non-hydrogen) atoms. The molecule has 0 saturated carbocycles. The quantitative estimate of drug-likeness (QED) is 0.0287. The van der Waals surface area contributed by atoms with Gasteiger partial charge in [0.05, 0.1) is 25.7 Å². The minimum absolute atomic E-state index is 0.108. The van der Waals surface area contributed by atoms with Gasteiger partial charge in [-0.2, -0.15) is 0 Å². The van der Waals surface area contributed by atoms with Crippen molar-refractivity contribution >= 4 is 11.9 Å². The van der Waals surface area contributed by atoms with Crippen LogP contribution >= 0.6 is 0 Å². The summed E-state index contributed by atoms with van der Waals surface area (Å²) < 4.78 is 22.8. The van der Waals surface area contributed by atoms with Crippen molar-refractivity contribution in [3.8, 4) is 0 Å². The van der Waals surface area contributed by atoms with Gasteiger partial charge in [-0.3, -0.25) is 9.59 Å². The molecule has 314 valence electrons. The van der Waals surface area contributed by atoms with Crippen LogP contribution in [0.2, 0.25) is 0 Å². The highest BCUT2D eigenvalue weighted by atomic mass is 16.7. The Morgan fingerprint density at radius 3 is 1.44 bits per heavy atom. The molecule has 0 saturated heterocycles. The van der Waals surface area contributed by atoms with Crippen molar-refractivity contribution in [1.82, 2.24) is 0 Å². The van der Waals surface area contributed by atoms with Crippen LogP contribution in [0.15, 0.2) is 48.6 Å². The standard InChI is InChI=1S/C47H84O7/c1-4-7-10-13-16-17-18-19-20-21-22-23-24-25-28-37-45(49)51-40-33-29-35-44(48)36-30-34-41-52-46(50)38-39-47(53-42-31-26-14-11-8-5-2)54-43-32-27-15-12-9-6-3/h8-9,11-12,16-17,19-20,44,47-48H,4-7,10,13-15,18,21-43H2,1-3H3/b11-8-,12-9-,17-16-,20-19-. The molecule has 0 amide bonds. The summed E-state index contributed by atoms with van der Waals surface area (Å²) in [6.07, 6.45) is 44.2. The van der Waals surface area contributed by atoms with Gasteiger partial charge in [-0.1, -0.05) is 101 Å². The first-order chi connectivity index (χ1) is 26.5. The fourth-order valence-corrected chi connectivity index (χ4v) is 5.88. The Kier molecular flexibility index (Phi) is 41.7. The lowest BCUT2D eigenvalue weighted by atomic mass is 10.1. The largest absolute Gasteiger partial charge is 0.466 e. The fraction of sp³-hybridized carbons (Fsp3) is 0.787. The van der Waals surface area contributed by atoms with Gasteiger partial charge in [0.25, 0.3) is 0 Å². The molecule has 7 heteroatoms. The predicted octanol–water partition coefficient (Wildman–Crippen LogP) is 13.0. The molecule has 0 aromatic rings. The third-order valence-corrected chi connectivity index (χ3v) is 9.25. The average molecular weight is 761 g/mol. The second kappa shape index (κ2) is 43.5. The molecule has 0 aliphatic carbocycles. The Labute approximate surface area is 332 Å². The molecule has 0 spiro atoms. The molecule has 0 aromatic carbocycles. The fourth-order valence-electron chi connectivity index (χ4n) is 5.88. The van der Waals surface area contributed by atoms with Crippen LogP contribution in [0.25, 0.3) is 0 Å². The number of hydrogen-bond acceptors (Lipinski definition) is 7. The van der Waals surface area contributed by atoms with Crippen molar-refractivity contribution in [1.29, 1.82) is 0 Å². The van der Waals surface area contributed by atoms with Gasteiger partial charge in [0.2, 0.25) is 0 Å². The number of esters is 2. The van der Waals surface area contributed by atoms with E-state index in [0.29, 0.717) is 52.1 Å². The summed E-state index contributed by atoms with van der Waals surface area (Å²) >= 11 is 0. The third kappa shape index (κ3) is 41.0. The average Bonchev–Trinajstić information content (AvgIpc) is 3.17. The van der Waals surface area contributed by atoms with Gasteiger partial charge < -0.3 is 24.1 Å². The maximum atomic E-state index is 12.4. The summed E-state index contributed by atoms with van der Waals surface area (Å²) in [5, 5.41) is 10.3.